The summed E-state index contributed by atoms with van der Waals surface area (Å²) >= 11 is 5.91. The van der Waals surface area contributed by atoms with Crippen molar-refractivity contribution in [3.8, 4) is 0 Å². The van der Waals surface area contributed by atoms with E-state index >= 15 is 0 Å². The van der Waals surface area contributed by atoms with Gasteiger partial charge < -0.3 is 14.9 Å². The topological polar surface area (TPSA) is 59.9 Å². The number of nitrogens with zero attached hydrogens (tertiary/aromatic N) is 4. The molecule has 10 heteroatoms. The summed E-state index contributed by atoms with van der Waals surface area (Å²) in [6.07, 6.45) is -3.78. The number of fused-ring (bicyclic) bond motifs is 1. The third-order valence-corrected chi connectivity index (χ3v) is 7.07. The van der Waals surface area contributed by atoms with Gasteiger partial charge in [0.1, 0.15) is 0 Å². The van der Waals surface area contributed by atoms with Crippen molar-refractivity contribution >= 4 is 34.1 Å². The highest BCUT2D eigenvalue weighted by molar-refractivity contribution is 6.30. The molecule has 0 bridgehead atoms. The molecule has 2 fully saturated rings. The van der Waals surface area contributed by atoms with Gasteiger partial charge in [-0.3, -0.25) is 14.7 Å². The Hall–Kier alpha value is -2.88. The molecule has 35 heavy (non-hydrogen) atoms. The second kappa shape index (κ2) is 9.29. The molecular formula is C25H24ClF3N4O2. The molecular weight excluding hydrogens is 481 g/mol. The minimum absolute atomic E-state index is 0.0568. The van der Waals surface area contributed by atoms with Crippen LogP contribution in [-0.4, -0.2) is 77.2 Å². The van der Waals surface area contributed by atoms with Crippen molar-refractivity contribution in [2.75, 3.05) is 44.2 Å². The molecule has 2 aliphatic rings. The van der Waals surface area contributed by atoms with Gasteiger partial charge in [0, 0.05) is 67.1 Å². The van der Waals surface area contributed by atoms with Crippen LogP contribution < -0.4 is 4.90 Å². The van der Waals surface area contributed by atoms with Crippen molar-refractivity contribution in [3.05, 3.63) is 70.9 Å². The molecule has 2 aromatic carbocycles. The molecule has 184 valence electrons. The fraction of sp³-hybridized carbons (Fsp3) is 0.360. The highest BCUT2D eigenvalue weighted by atomic mass is 35.5. The van der Waals surface area contributed by atoms with Crippen LogP contribution in [0.15, 0.2) is 54.7 Å². The van der Waals surface area contributed by atoms with Gasteiger partial charge in [-0.1, -0.05) is 23.7 Å². The number of benzene rings is 2. The molecule has 3 aromatic rings. The first-order valence-corrected chi connectivity index (χ1v) is 11.8. The molecule has 5 rings (SSSR count). The first-order chi connectivity index (χ1) is 16.7. The van der Waals surface area contributed by atoms with Crippen molar-refractivity contribution in [2.24, 2.45) is 0 Å². The van der Waals surface area contributed by atoms with Crippen LogP contribution in [0, 0.1) is 0 Å². The molecule has 1 aromatic heterocycles. The van der Waals surface area contributed by atoms with Gasteiger partial charge in [0.15, 0.2) is 0 Å². The van der Waals surface area contributed by atoms with Crippen molar-refractivity contribution in [1.82, 2.24) is 14.8 Å². The normalized spacial score (nSPS) is 21.6. The van der Waals surface area contributed by atoms with Gasteiger partial charge in [-0.2, -0.15) is 13.2 Å². The second-order valence-corrected chi connectivity index (χ2v) is 9.34. The van der Waals surface area contributed by atoms with E-state index in [4.69, 9.17) is 11.6 Å². The highest BCUT2D eigenvalue weighted by Crippen LogP contribution is 2.37. The Morgan fingerprint density at radius 3 is 2.40 bits per heavy atom. The summed E-state index contributed by atoms with van der Waals surface area (Å²) in [6, 6.07) is 12.4. The summed E-state index contributed by atoms with van der Waals surface area (Å²) in [6.45, 7) is 3.04. The fourth-order valence-corrected chi connectivity index (χ4v) is 5.15. The van der Waals surface area contributed by atoms with E-state index in [2.05, 4.69) is 9.88 Å². The Kier molecular flexibility index (Phi) is 6.33. The van der Waals surface area contributed by atoms with Crippen LogP contribution >= 0.6 is 11.6 Å². The molecule has 2 saturated heterocycles. The van der Waals surface area contributed by atoms with Gasteiger partial charge in [0.05, 0.1) is 23.2 Å². The number of amides is 1. The van der Waals surface area contributed by atoms with E-state index in [1.807, 2.05) is 4.90 Å². The number of para-hydroxylation sites is 1. The van der Waals surface area contributed by atoms with Gasteiger partial charge in [-0.15, -0.1) is 0 Å². The molecule has 0 spiro atoms. The van der Waals surface area contributed by atoms with E-state index < -0.39 is 17.8 Å². The summed E-state index contributed by atoms with van der Waals surface area (Å²) < 4.78 is 40.4. The lowest BCUT2D eigenvalue weighted by Crippen LogP contribution is -2.54. The molecule has 2 atom stereocenters. The molecule has 1 N–H and O–H groups in total. The Bertz CT molecular complexity index is 1230. The third-order valence-electron chi connectivity index (χ3n) is 6.81. The maximum atomic E-state index is 13.5. The largest absolute Gasteiger partial charge is 0.418 e. The van der Waals surface area contributed by atoms with Gasteiger partial charge in [0.2, 0.25) is 0 Å². The molecule has 2 unspecified atom stereocenters. The zero-order valence-corrected chi connectivity index (χ0v) is 19.5. The van der Waals surface area contributed by atoms with Crippen LogP contribution in [-0.2, 0) is 6.18 Å². The average Bonchev–Trinajstić information content (AvgIpc) is 3.24. The Labute approximate surface area is 205 Å². The van der Waals surface area contributed by atoms with Crippen molar-refractivity contribution < 1.29 is 23.1 Å². The maximum Gasteiger partial charge on any atom is 0.418 e. The summed E-state index contributed by atoms with van der Waals surface area (Å²) in [5.74, 6) is -0.0568. The Morgan fingerprint density at radius 1 is 1.00 bits per heavy atom. The summed E-state index contributed by atoms with van der Waals surface area (Å²) in [4.78, 5) is 22.6. The van der Waals surface area contributed by atoms with E-state index in [1.165, 1.54) is 12.3 Å². The lowest BCUT2D eigenvalue weighted by atomic mass is 10.1. The van der Waals surface area contributed by atoms with Gasteiger partial charge >= 0.3 is 6.18 Å². The van der Waals surface area contributed by atoms with Gasteiger partial charge in [-0.05, 0) is 36.4 Å². The van der Waals surface area contributed by atoms with Crippen LogP contribution in [0.25, 0.3) is 10.9 Å². The smallest absolute Gasteiger partial charge is 0.390 e. The molecule has 0 aliphatic carbocycles. The molecule has 0 radical (unpaired) electrons. The number of hydrogen-bond acceptors (Lipinski definition) is 5. The number of carbonyl (C=O) groups is 1. The second-order valence-electron chi connectivity index (χ2n) is 8.90. The lowest BCUT2D eigenvalue weighted by Gasteiger charge is -2.38. The van der Waals surface area contributed by atoms with Crippen LogP contribution in [0.2, 0.25) is 5.02 Å². The standard InChI is InChI=1S/C25H24ClF3N4O2/c26-17-6-4-16(5-7-17)24(35)32-12-10-31(11-13-32)21-14-33(15-22(21)34)20-8-9-30-23-18(20)2-1-3-19(23)25(27,28)29/h1-9,21-22,34H,10-15H2. The minimum Gasteiger partial charge on any atom is -0.390 e. The maximum absolute atomic E-state index is 13.5. The van der Waals surface area contributed by atoms with Crippen LogP contribution in [0.3, 0.4) is 0 Å². The van der Waals surface area contributed by atoms with Gasteiger partial charge in [0.25, 0.3) is 5.91 Å². The number of aromatic nitrogens is 1. The van der Waals surface area contributed by atoms with E-state index in [0.717, 1.165) is 6.07 Å². The van der Waals surface area contributed by atoms with E-state index in [1.54, 1.807) is 41.3 Å². The number of hydrogen-bond donors (Lipinski definition) is 1. The zero-order chi connectivity index (χ0) is 24.7. The quantitative estimate of drug-likeness (QED) is 0.586. The number of β-amino-alcohol motifs (C(OH)–C–C–N with tert-alkyl or cyclic N) is 1. The Morgan fingerprint density at radius 2 is 1.71 bits per heavy atom. The van der Waals surface area contributed by atoms with Crippen LogP contribution in [0.5, 0.6) is 0 Å². The van der Waals surface area contributed by atoms with Crippen LogP contribution in [0.1, 0.15) is 15.9 Å². The monoisotopic (exact) mass is 504 g/mol. The number of pyridine rings is 1. The average molecular weight is 505 g/mol. The number of alkyl halides is 3. The predicted molar refractivity (Wildman–Crippen MR) is 128 cm³/mol. The molecule has 6 nitrogen and oxygen atoms in total. The SMILES string of the molecule is O=C(c1ccc(Cl)cc1)N1CCN(C2CN(c3ccnc4c(C(F)(F)F)cccc34)CC2O)CC1. The molecule has 2 aliphatic heterocycles. The number of anilines is 1. The molecule has 1 amide bonds. The first-order valence-electron chi connectivity index (χ1n) is 11.4. The highest BCUT2D eigenvalue weighted by Gasteiger charge is 2.39. The van der Waals surface area contributed by atoms with Crippen molar-refractivity contribution in [1.29, 1.82) is 0 Å². The predicted octanol–water partition coefficient (Wildman–Crippen LogP) is 3.91. The van der Waals surface area contributed by atoms with E-state index in [0.29, 0.717) is 60.9 Å². The first kappa shape index (κ1) is 23.8. The molecule has 3 heterocycles. The van der Waals surface area contributed by atoms with E-state index in [9.17, 15) is 23.1 Å². The number of aliphatic hydroxyl groups excluding tert-OH is 1. The number of aliphatic hydroxyl groups is 1. The van der Waals surface area contributed by atoms with Crippen molar-refractivity contribution in [2.45, 2.75) is 18.3 Å². The number of carbonyl (C=O) groups excluding carboxylic acids is 1. The fourth-order valence-electron chi connectivity index (χ4n) is 5.02. The summed E-state index contributed by atoms with van der Waals surface area (Å²) in [7, 11) is 0. The molecule has 0 saturated carbocycles. The number of halogens is 4. The minimum atomic E-state index is -4.50. The summed E-state index contributed by atoms with van der Waals surface area (Å²) in [5, 5.41) is 11.8. The van der Waals surface area contributed by atoms with E-state index in [-0.39, 0.29) is 17.5 Å². The number of piperazine rings is 1. The zero-order valence-electron chi connectivity index (χ0n) is 18.7. The Balaban J connectivity index is 1.29. The van der Waals surface area contributed by atoms with Gasteiger partial charge in [-0.25, -0.2) is 0 Å². The number of rotatable bonds is 3. The van der Waals surface area contributed by atoms with Crippen LogP contribution in [0.4, 0.5) is 18.9 Å². The third kappa shape index (κ3) is 4.68. The lowest BCUT2D eigenvalue weighted by molar-refractivity contribution is -0.136. The van der Waals surface area contributed by atoms with Crippen molar-refractivity contribution in [3.63, 3.8) is 0 Å². The summed E-state index contributed by atoms with van der Waals surface area (Å²) in [5.41, 5.74) is 0.344.